The average Bonchev–Trinajstić information content (AvgIpc) is 2.41. The Bertz CT molecular complexity index is 473. The largest absolute Gasteiger partial charge is 0.417 e. The first-order valence-corrected chi connectivity index (χ1v) is 7.60. The van der Waals surface area contributed by atoms with Crippen molar-refractivity contribution >= 4 is 11.9 Å². The molecule has 0 radical (unpaired) electrons. The Hall–Kier alpha value is -2.02. The van der Waals surface area contributed by atoms with Crippen molar-refractivity contribution in [1.29, 1.82) is 0 Å². The molecule has 0 saturated carbocycles. The molecule has 0 fully saturated rings. The minimum absolute atomic E-state index is 0.309. The van der Waals surface area contributed by atoms with Gasteiger partial charge in [0.05, 0.1) is 0 Å². The number of rotatable bonds is 6. The van der Waals surface area contributed by atoms with E-state index in [9.17, 15) is 9.59 Å². The van der Waals surface area contributed by atoms with Crippen LogP contribution in [-0.2, 0) is 19.1 Å². The van der Waals surface area contributed by atoms with E-state index in [4.69, 9.17) is 9.47 Å². The van der Waals surface area contributed by atoms with E-state index in [2.05, 4.69) is 11.8 Å². The highest BCUT2D eigenvalue weighted by Gasteiger charge is 2.08. The Morgan fingerprint density at radius 3 is 1.27 bits per heavy atom. The summed E-state index contributed by atoms with van der Waals surface area (Å²) in [5, 5.41) is 0. The van der Waals surface area contributed by atoms with E-state index in [-0.39, 0.29) is 11.9 Å². The van der Waals surface area contributed by atoms with Gasteiger partial charge in [0.25, 0.3) is 0 Å². The molecule has 0 amide bonds. The van der Waals surface area contributed by atoms with Crippen LogP contribution >= 0.6 is 0 Å². The molecule has 4 heteroatoms. The van der Waals surface area contributed by atoms with Crippen LogP contribution in [0.4, 0.5) is 0 Å². The maximum Gasteiger partial charge on any atom is 0.311 e. The summed E-state index contributed by atoms with van der Waals surface area (Å²) in [6, 6.07) is 0. The molecule has 122 valence electrons. The van der Waals surface area contributed by atoms with Gasteiger partial charge in [0, 0.05) is 12.8 Å². The Kier molecular flexibility index (Phi) is 9.69. The van der Waals surface area contributed by atoms with Gasteiger partial charge in [-0.1, -0.05) is 13.8 Å². The molecule has 0 N–H and O–H groups in total. The fourth-order valence-electron chi connectivity index (χ4n) is 1.36. The number of hydrogen-bond donors (Lipinski definition) is 0. The van der Waals surface area contributed by atoms with Crippen LogP contribution in [0.5, 0.6) is 0 Å². The molecular weight excluding hydrogens is 280 g/mol. The zero-order valence-corrected chi connectivity index (χ0v) is 14.5. The lowest BCUT2D eigenvalue weighted by Crippen LogP contribution is -2.05. The number of carbonyl (C=O) groups is 2. The van der Waals surface area contributed by atoms with E-state index >= 15 is 0 Å². The molecule has 0 aromatic rings. The third-order valence-corrected chi connectivity index (χ3v) is 2.54. The highest BCUT2D eigenvalue weighted by molar-refractivity contribution is 5.72. The average molecular weight is 306 g/mol. The van der Waals surface area contributed by atoms with Gasteiger partial charge in [-0.25, -0.2) is 0 Å². The number of allylic oxidation sites excluding steroid dienone is 4. The zero-order chi connectivity index (χ0) is 17.1. The summed E-state index contributed by atoms with van der Waals surface area (Å²) in [5.74, 6) is 5.57. The SMILES string of the molecule is CCCC(=O)OC(C#CC(OC(=O)CCC)=C(C)C)=C(C)C. The molecule has 0 saturated heterocycles. The van der Waals surface area contributed by atoms with Gasteiger partial charge >= 0.3 is 11.9 Å². The van der Waals surface area contributed by atoms with E-state index in [1.165, 1.54) is 0 Å². The number of carbonyl (C=O) groups excluding carboxylic acids is 2. The Labute approximate surface area is 133 Å². The highest BCUT2D eigenvalue weighted by Crippen LogP contribution is 2.10. The lowest BCUT2D eigenvalue weighted by atomic mass is 10.2. The number of hydrogen-bond acceptors (Lipinski definition) is 4. The minimum Gasteiger partial charge on any atom is -0.417 e. The van der Waals surface area contributed by atoms with Gasteiger partial charge in [0.15, 0.2) is 11.5 Å². The van der Waals surface area contributed by atoms with Crippen LogP contribution in [0.15, 0.2) is 22.7 Å². The van der Waals surface area contributed by atoms with Crippen LogP contribution in [0.25, 0.3) is 0 Å². The molecule has 0 aromatic heterocycles. The summed E-state index contributed by atoms with van der Waals surface area (Å²) >= 11 is 0. The van der Waals surface area contributed by atoms with Crippen molar-refractivity contribution in [3.05, 3.63) is 22.7 Å². The molecule has 0 aromatic carbocycles. The van der Waals surface area contributed by atoms with Gasteiger partial charge in [0.1, 0.15) is 0 Å². The van der Waals surface area contributed by atoms with Crippen LogP contribution in [0.2, 0.25) is 0 Å². The summed E-state index contributed by atoms with van der Waals surface area (Å²) in [6.07, 6.45) is 2.13. The molecular formula is C18H26O4. The topological polar surface area (TPSA) is 52.6 Å². The molecule has 4 nitrogen and oxygen atoms in total. The first kappa shape index (κ1) is 20.0. The predicted octanol–water partition coefficient (Wildman–Crippen LogP) is 4.26. The van der Waals surface area contributed by atoms with Crippen LogP contribution < -0.4 is 0 Å². The van der Waals surface area contributed by atoms with Crippen LogP contribution in [0, 0.1) is 11.8 Å². The number of ether oxygens (including phenoxy) is 2. The van der Waals surface area contributed by atoms with Gasteiger partial charge in [-0.2, -0.15) is 0 Å². The van der Waals surface area contributed by atoms with Gasteiger partial charge in [-0.15, -0.1) is 0 Å². The maximum absolute atomic E-state index is 11.6. The van der Waals surface area contributed by atoms with E-state index in [0.29, 0.717) is 24.4 Å². The van der Waals surface area contributed by atoms with Gasteiger partial charge in [-0.3, -0.25) is 9.59 Å². The third kappa shape index (κ3) is 8.31. The summed E-state index contributed by atoms with van der Waals surface area (Å²) in [7, 11) is 0. The molecule has 0 atom stereocenters. The fourth-order valence-corrected chi connectivity index (χ4v) is 1.36. The second kappa shape index (κ2) is 10.7. The molecule has 22 heavy (non-hydrogen) atoms. The van der Waals surface area contributed by atoms with Crippen molar-refractivity contribution in [2.24, 2.45) is 0 Å². The van der Waals surface area contributed by atoms with Gasteiger partial charge in [-0.05, 0) is 63.5 Å². The second-order valence-corrected chi connectivity index (χ2v) is 5.36. The van der Waals surface area contributed by atoms with Crippen molar-refractivity contribution in [1.82, 2.24) is 0 Å². The lowest BCUT2D eigenvalue weighted by Gasteiger charge is -2.06. The van der Waals surface area contributed by atoms with Crippen molar-refractivity contribution in [3.8, 4) is 11.8 Å². The van der Waals surface area contributed by atoms with Crippen molar-refractivity contribution in [2.45, 2.75) is 67.2 Å². The van der Waals surface area contributed by atoms with Crippen LogP contribution in [-0.4, -0.2) is 11.9 Å². The molecule has 0 bridgehead atoms. The van der Waals surface area contributed by atoms with Gasteiger partial charge < -0.3 is 9.47 Å². The highest BCUT2D eigenvalue weighted by atomic mass is 16.5. The van der Waals surface area contributed by atoms with Crippen LogP contribution in [0.1, 0.15) is 67.2 Å². The molecule has 0 heterocycles. The smallest absolute Gasteiger partial charge is 0.311 e. The van der Waals surface area contributed by atoms with E-state index < -0.39 is 0 Å². The van der Waals surface area contributed by atoms with Crippen molar-refractivity contribution in [3.63, 3.8) is 0 Å². The fraction of sp³-hybridized carbons (Fsp3) is 0.556. The summed E-state index contributed by atoms with van der Waals surface area (Å²) in [5.41, 5.74) is 1.59. The monoisotopic (exact) mass is 306 g/mol. The van der Waals surface area contributed by atoms with E-state index in [1.807, 2.05) is 41.5 Å². The summed E-state index contributed by atoms with van der Waals surface area (Å²) in [4.78, 5) is 23.2. The third-order valence-electron chi connectivity index (χ3n) is 2.54. The summed E-state index contributed by atoms with van der Waals surface area (Å²) in [6.45, 7) is 11.1. The molecule has 0 aliphatic heterocycles. The normalized spacial score (nSPS) is 9.18. The Morgan fingerprint density at radius 1 is 0.727 bits per heavy atom. The summed E-state index contributed by atoms with van der Waals surface area (Å²) < 4.78 is 10.5. The standard InChI is InChI=1S/C18H26O4/c1-7-9-17(19)21-15(13(3)4)11-12-16(14(5)6)22-18(20)10-8-2/h7-10H2,1-6H3. The minimum atomic E-state index is -0.310. The molecule has 0 aliphatic rings. The van der Waals surface area contributed by atoms with Crippen molar-refractivity contribution in [2.75, 3.05) is 0 Å². The molecule has 0 spiro atoms. The van der Waals surface area contributed by atoms with Gasteiger partial charge in [0.2, 0.25) is 0 Å². The molecule has 0 aliphatic carbocycles. The van der Waals surface area contributed by atoms with Crippen molar-refractivity contribution < 1.29 is 19.1 Å². The Balaban J connectivity index is 5.17. The van der Waals surface area contributed by atoms with Crippen LogP contribution in [0.3, 0.4) is 0 Å². The zero-order valence-electron chi connectivity index (χ0n) is 14.5. The lowest BCUT2D eigenvalue weighted by molar-refractivity contribution is -0.140. The van der Waals surface area contributed by atoms with E-state index in [1.54, 1.807) is 0 Å². The first-order chi connectivity index (χ1) is 10.3. The number of esters is 2. The molecule has 0 unspecified atom stereocenters. The first-order valence-electron chi connectivity index (χ1n) is 7.60. The maximum atomic E-state index is 11.6. The quantitative estimate of drug-likeness (QED) is 0.418. The Morgan fingerprint density at radius 2 is 1.05 bits per heavy atom. The molecule has 0 rings (SSSR count). The predicted molar refractivity (Wildman–Crippen MR) is 86.5 cm³/mol. The van der Waals surface area contributed by atoms with E-state index in [0.717, 1.165) is 24.0 Å². The second-order valence-electron chi connectivity index (χ2n) is 5.36.